The predicted octanol–water partition coefficient (Wildman–Crippen LogP) is 2.78. The lowest BCUT2D eigenvalue weighted by atomic mass is 9.71. The minimum Gasteiger partial charge on any atom is -0.363 e. The fourth-order valence-corrected chi connectivity index (χ4v) is 3.23. The van der Waals surface area contributed by atoms with Gasteiger partial charge in [-0.2, -0.15) is 0 Å². The van der Waals surface area contributed by atoms with Crippen LogP contribution in [0.3, 0.4) is 0 Å². The lowest BCUT2D eigenvalue weighted by Crippen LogP contribution is -2.58. The molecule has 1 aliphatic carbocycles. The lowest BCUT2D eigenvalue weighted by molar-refractivity contribution is -0.145. The van der Waals surface area contributed by atoms with Crippen molar-refractivity contribution in [3.63, 3.8) is 0 Å². The summed E-state index contributed by atoms with van der Waals surface area (Å²) in [4.78, 5) is 0. The molecule has 0 aromatic carbocycles. The lowest BCUT2D eigenvalue weighted by Gasteiger charge is -2.48. The molecular formula is C12H25NO. The van der Waals surface area contributed by atoms with Crippen molar-refractivity contribution < 1.29 is 4.74 Å². The Morgan fingerprint density at radius 1 is 1.21 bits per heavy atom. The maximum absolute atomic E-state index is 5.82. The van der Waals surface area contributed by atoms with Crippen LogP contribution in [0.1, 0.15) is 46.0 Å². The molecule has 1 rings (SSSR count). The molecule has 0 spiro atoms. The molecule has 0 heterocycles. The average Bonchev–Trinajstić information content (AvgIpc) is 2.27. The molecule has 1 fully saturated rings. The van der Waals surface area contributed by atoms with E-state index in [1.54, 1.807) is 0 Å². The molecule has 0 amide bonds. The minimum atomic E-state index is -0.0538. The van der Waals surface area contributed by atoms with Crippen LogP contribution in [-0.2, 0) is 4.74 Å². The highest BCUT2D eigenvalue weighted by atomic mass is 16.5. The van der Waals surface area contributed by atoms with Crippen molar-refractivity contribution in [1.82, 2.24) is 5.32 Å². The SMILES string of the molecule is CCC1CCCC(CC)C1(NC)OC. The Bertz CT molecular complexity index is 152. The third-order valence-corrected chi connectivity index (χ3v) is 4.03. The standard InChI is InChI=1S/C12H25NO/c1-5-10-8-7-9-11(6-2)12(10,13-3)14-4/h10-11,13H,5-9H2,1-4H3. The zero-order chi connectivity index (χ0) is 10.6. The van der Waals surface area contributed by atoms with Crippen LogP contribution >= 0.6 is 0 Å². The van der Waals surface area contributed by atoms with Gasteiger partial charge in [0.15, 0.2) is 0 Å². The summed E-state index contributed by atoms with van der Waals surface area (Å²) in [5.74, 6) is 1.35. The predicted molar refractivity (Wildman–Crippen MR) is 60.2 cm³/mol. The maximum Gasteiger partial charge on any atom is 0.124 e. The van der Waals surface area contributed by atoms with Crippen molar-refractivity contribution in [3.8, 4) is 0 Å². The monoisotopic (exact) mass is 199 g/mol. The van der Waals surface area contributed by atoms with Gasteiger partial charge in [0.1, 0.15) is 5.72 Å². The molecule has 2 unspecified atom stereocenters. The minimum absolute atomic E-state index is 0.0538. The molecular weight excluding hydrogens is 174 g/mol. The number of nitrogens with one attached hydrogen (secondary N) is 1. The topological polar surface area (TPSA) is 21.3 Å². The third-order valence-electron chi connectivity index (χ3n) is 4.03. The Morgan fingerprint density at radius 2 is 1.71 bits per heavy atom. The van der Waals surface area contributed by atoms with Crippen molar-refractivity contribution in [3.05, 3.63) is 0 Å². The highest BCUT2D eigenvalue weighted by molar-refractivity contribution is 4.93. The van der Waals surface area contributed by atoms with Gasteiger partial charge >= 0.3 is 0 Å². The molecule has 2 atom stereocenters. The van der Waals surface area contributed by atoms with E-state index in [1.807, 2.05) is 14.2 Å². The second-order valence-corrected chi connectivity index (χ2v) is 4.39. The third kappa shape index (κ3) is 1.82. The first-order chi connectivity index (χ1) is 6.75. The van der Waals surface area contributed by atoms with Gasteiger partial charge in [0.05, 0.1) is 0 Å². The first-order valence-electron chi connectivity index (χ1n) is 5.99. The summed E-state index contributed by atoms with van der Waals surface area (Å²) in [6, 6.07) is 0. The van der Waals surface area contributed by atoms with Gasteiger partial charge in [0.25, 0.3) is 0 Å². The fraction of sp³-hybridized carbons (Fsp3) is 1.00. The van der Waals surface area contributed by atoms with E-state index in [0.29, 0.717) is 11.8 Å². The molecule has 0 aliphatic heterocycles. The number of rotatable bonds is 4. The Balaban J connectivity index is 2.86. The summed E-state index contributed by atoms with van der Waals surface area (Å²) >= 11 is 0. The van der Waals surface area contributed by atoms with Gasteiger partial charge < -0.3 is 4.74 Å². The summed E-state index contributed by atoms with van der Waals surface area (Å²) < 4.78 is 5.82. The molecule has 1 aliphatic rings. The Hall–Kier alpha value is -0.0800. The van der Waals surface area contributed by atoms with Gasteiger partial charge in [-0.3, -0.25) is 5.32 Å². The van der Waals surface area contributed by atoms with Gasteiger partial charge in [-0.25, -0.2) is 0 Å². The second-order valence-electron chi connectivity index (χ2n) is 4.39. The van der Waals surface area contributed by atoms with E-state index in [-0.39, 0.29) is 5.72 Å². The Morgan fingerprint density at radius 3 is 2.00 bits per heavy atom. The molecule has 0 radical (unpaired) electrons. The normalized spacial score (nSPS) is 38.6. The van der Waals surface area contributed by atoms with E-state index in [2.05, 4.69) is 19.2 Å². The average molecular weight is 199 g/mol. The van der Waals surface area contributed by atoms with E-state index in [0.717, 1.165) is 0 Å². The van der Waals surface area contributed by atoms with E-state index in [4.69, 9.17) is 4.74 Å². The molecule has 84 valence electrons. The van der Waals surface area contributed by atoms with Crippen molar-refractivity contribution >= 4 is 0 Å². The van der Waals surface area contributed by atoms with E-state index in [9.17, 15) is 0 Å². The van der Waals surface area contributed by atoms with Crippen molar-refractivity contribution in [2.45, 2.75) is 51.7 Å². The number of hydrogen-bond donors (Lipinski definition) is 1. The summed E-state index contributed by atoms with van der Waals surface area (Å²) in [6.07, 6.45) is 6.41. The highest BCUT2D eigenvalue weighted by Crippen LogP contribution is 2.41. The second kappa shape index (κ2) is 5.13. The molecule has 0 bridgehead atoms. The van der Waals surface area contributed by atoms with Crippen LogP contribution in [0, 0.1) is 11.8 Å². The van der Waals surface area contributed by atoms with E-state index in [1.165, 1.54) is 32.1 Å². The zero-order valence-electron chi connectivity index (χ0n) is 10.1. The van der Waals surface area contributed by atoms with Crippen LogP contribution < -0.4 is 5.32 Å². The van der Waals surface area contributed by atoms with Gasteiger partial charge in [0.2, 0.25) is 0 Å². The molecule has 14 heavy (non-hydrogen) atoms. The van der Waals surface area contributed by atoms with Crippen molar-refractivity contribution in [2.75, 3.05) is 14.2 Å². The number of methoxy groups -OCH3 is 1. The first kappa shape index (κ1) is 12.0. The largest absolute Gasteiger partial charge is 0.363 e. The van der Waals surface area contributed by atoms with Crippen LogP contribution in [0.15, 0.2) is 0 Å². The van der Waals surface area contributed by atoms with Crippen molar-refractivity contribution in [2.24, 2.45) is 11.8 Å². The molecule has 0 aromatic rings. The summed E-state index contributed by atoms with van der Waals surface area (Å²) in [5.41, 5.74) is -0.0538. The molecule has 2 nitrogen and oxygen atoms in total. The molecule has 0 aromatic heterocycles. The molecule has 2 heteroatoms. The fourth-order valence-electron chi connectivity index (χ4n) is 3.23. The van der Waals surface area contributed by atoms with Crippen LogP contribution in [0.25, 0.3) is 0 Å². The van der Waals surface area contributed by atoms with Crippen LogP contribution in [0.5, 0.6) is 0 Å². The summed E-state index contributed by atoms with van der Waals surface area (Å²) in [7, 11) is 3.90. The van der Waals surface area contributed by atoms with Gasteiger partial charge in [-0.1, -0.05) is 20.3 Å². The maximum atomic E-state index is 5.82. The van der Waals surface area contributed by atoms with Gasteiger partial charge in [-0.05, 0) is 32.7 Å². The zero-order valence-corrected chi connectivity index (χ0v) is 10.1. The highest BCUT2D eigenvalue weighted by Gasteiger charge is 2.45. The summed E-state index contributed by atoms with van der Waals surface area (Å²) in [6.45, 7) is 4.54. The quantitative estimate of drug-likeness (QED) is 0.703. The van der Waals surface area contributed by atoms with E-state index >= 15 is 0 Å². The summed E-state index contributed by atoms with van der Waals surface area (Å²) in [5, 5.41) is 3.45. The van der Waals surface area contributed by atoms with Crippen LogP contribution in [-0.4, -0.2) is 19.9 Å². The first-order valence-corrected chi connectivity index (χ1v) is 5.99. The van der Waals surface area contributed by atoms with Crippen LogP contribution in [0.4, 0.5) is 0 Å². The number of ether oxygens (including phenoxy) is 1. The number of hydrogen-bond acceptors (Lipinski definition) is 2. The Kier molecular flexibility index (Phi) is 4.39. The van der Waals surface area contributed by atoms with Gasteiger partial charge in [0, 0.05) is 18.9 Å². The van der Waals surface area contributed by atoms with E-state index < -0.39 is 0 Å². The molecule has 1 saturated carbocycles. The van der Waals surface area contributed by atoms with Crippen LogP contribution in [0.2, 0.25) is 0 Å². The van der Waals surface area contributed by atoms with Crippen molar-refractivity contribution in [1.29, 1.82) is 0 Å². The molecule has 1 N–H and O–H groups in total. The Labute approximate surface area is 88.4 Å². The molecule has 0 saturated heterocycles. The van der Waals surface area contributed by atoms with Gasteiger partial charge in [-0.15, -0.1) is 0 Å². The smallest absolute Gasteiger partial charge is 0.124 e.